The molecule has 3 aromatic heterocycles. The molecule has 0 radical (unpaired) electrons. The average molecular weight is 478 g/mol. The molecule has 1 aromatic carbocycles. The Balaban J connectivity index is 1.56. The number of hydrogen-bond donors (Lipinski definition) is 1. The highest BCUT2D eigenvalue weighted by molar-refractivity contribution is 7.81. The lowest BCUT2D eigenvalue weighted by Gasteiger charge is -2.28. The number of hydrogen-bond acceptors (Lipinski definition) is 6. The SMILES string of the molecule is Cc1nc2c(N3CCOCC3)nc(-c3cccc4[nH]ncc34)cn2c1C1=CCN(S(C)=O)CC1. The van der Waals surface area contributed by atoms with Gasteiger partial charge in [0.05, 0.1) is 53.0 Å². The molecule has 34 heavy (non-hydrogen) atoms. The standard InChI is InChI=1S/C24H27N7O2S/c1-16-22(17-6-8-30(9-7-17)34(2)32)31-15-21(18-4-3-5-20-19(18)14-25-28-20)27-23(24(31)26-16)29-10-12-33-13-11-29/h3-6,14-15H,7-13H2,1-2H3,(H,25,28). The summed E-state index contributed by atoms with van der Waals surface area (Å²) in [5.74, 6) is 0.878. The predicted octanol–water partition coefficient (Wildman–Crippen LogP) is 2.80. The third kappa shape index (κ3) is 3.62. The number of rotatable bonds is 4. The molecule has 5 heterocycles. The van der Waals surface area contributed by atoms with Gasteiger partial charge >= 0.3 is 0 Å². The number of H-pyrrole nitrogens is 1. The van der Waals surface area contributed by atoms with Crippen LogP contribution in [0.5, 0.6) is 0 Å². The summed E-state index contributed by atoms with van der Waals surface area (Å²) in [4.78, 5) is 12.4. The summed E-state index contributed by atoms with van der Waals surface area (Å²) in [6.45, 7) is 6.42. The third-order valence-electron chi connectivity index (χ3n) is 6.67. The van der Waals surface area contributed by atoms with Crippen LogP contribution in [0.2, 0.25) is 0 Å². The fourth-order valence-corrected chi connectivity index (χ4v) is 5.57. The van der Waals surface area contributed by atoms with Crippen molar-refractivity contribution in [1.29, 1.82) is 0 Å². The number of aromatic amines is 1. The molecule has 0 spiro atoms. The van der Waals surface area contributed by atoms with Gasteiger partial charge in [-0.05, 0) is 25.0 Å². The maximum absolute atomic E-state index is 11.9. The van der Waals surface area contributed by atoms with Crippen molar-refractivity contribution < 1.29 is 8.95 Å². The first kappa shape index (κ1) is 21.5. The molecule has 0 bridgehead atoms. The molecule has 1 unspecified atom stereocenters. The highest BCUT2D eigenvalue weighted by Gasteiger charge is 2.25. The average Bonchev–Trinajstić information content (AvgIpc) is 3.47. The van der Waals surface area contributed by atoms with Crippen LogP contribution in [0, 0.1) is 6.92 Å². The summed E-state index contributed by atoms with van der Waals surface area (Å²) < 4.78 is 21.7. The zero-order chi connectivity index (χ0) is 23.2. The number of anilines is 1. The van der Waals surface area contributed by atoms with E-state index in [0.717, 1.165) is 71.1 Å². The summed E-state index contributed by atoms with van der Waals surface area (Å²) in [5.41, 5.74) is 7.08. The molecular weight excluding hydrogens is 450 g/mol. The van der Waals surface area contributed by atoms with Crippen LogP contribution in [0.1, 0.15) is 17.8 Å². The van der Waals surface area contributed by atoms with Gasteiger partial charge in [0.1, 0.15) is 0 Å². The van der Waals surface area contributed by atoms with Crippen LogP contribution in [0.3, 0.4) is 0 Å². The predicted molar refractivity (Wildman–Crippen MR) is 134 cm³/mol. The van der Waals surface area contributed by atoms with E-state index in [-0.39, 0.29) is 0 Å². The summed E-state index contributed by atoms with van der Waals surface area (Å²) in [7, 11) is -0.962. The highest BCUT2D eigenvalue weighted by Crippen LogP contribution is 2.34. The van der Waals surface area contributed by atoms with Crippen molar-refractivity contribution in [3.05, 3.63) is 48.1 Å². The number of nitrogens with zero attached hydrogens (tertiary/aromatic N) is 6. The molecule has 2 aliphatic rings. The Morgan fingerprint density at radius 1 is 1.15 bits per heavy atom. The van der Waals surface area contributed by atoms with E-state index in [9.17, 15) is 4.21 Å². The van der Waals surface area contributed by atoms with E-state index in [1.54, 1.807) is 6.26 Å². The number of aromatic nitrogens is 5. The lowest BCUT2D eigenvalue weighted by atomic mass is 10.0. The van der Waals surface area contributed by atoms with Crippen molar-refractivity contribution in [1.82, 2.24) is 28.9 Å². The molecule has 6 rings (SSSR count). The van der Waals surface area contributed by atoms with Crippen LogP contribution in [-0.4, -0.2) is 78.7 Å². The zero-order valence-electron chi connectivity index (χ0n) is 19.3. The lowest BCUT2D eigenvalue weighted by Crippen LogP contribution is -2.37. The van der Waals surface area contributed by atoms with Gasteiger partial charge in [-0.25, -0.2) is 18.5 Å². The van der Waals surface area contributed by atoms with Crippen molar-refractivity contribution in [3.63, 3.8) is 0 Å². The number of benzene rings is 1. The van der Waals surface area contributed by atoms with Crippen molar-refractivity contribution in [2.45, 2.75) is 13.3 Å². The fraction of sp³-hybridized carbons (Fsp3) is 0.375. The van der Waals surface area contributed by atoms with Crippen LogP contribution in [-0.2, 0) is 15.7 Å². The van der Waals surface area contributed by atoms with Crippen LogP contribution in [0.15, 0.2) is 36.7 Å². The number of aryl methyl sites for hydroxylation is 1. The number of ether oxygens (including phenoxy) is 1. The normalized spacial score (nSPS) is 18.5. The van der Waals surface area contributed by atoms with Gasteiger partial charge in [0.2, 0.25) is 0 Å². The Morgan fingerprint density at radius 3 is 2.76 bits per heavy atom. The molecule has 9 nitrogen and oxygen atoms in total. The van der Waals surface area contributed by atoms with Crippen molar-refractivity contribution in [2.75, 3.05) is 50.5 Å². The van der Waals surface area contributed by atoms with E-state index < -0.39 is 11.0 Å². The molecule has 0 aliphatic carbocycles. The minimum Gasteiger partial charge on any atom is -0.378 e. The Labute approximate surface area is 200 Å². The third-order valence-corrected chi connectivity index (χ3v) is 7.73. The minimum atomic E-state index is -0.962. The topological polar surface area (TPSA) is 91.7 Å². The molecule has 0 amide bonds. The van der Waals surface area contributed by atoms with Crippen LogP contribution < -0.4 is 4.90 Å². The Morgan fingerprint density at radius 2 is 2.00 bits per heavy atom. The van der Waals surface area contributed by atoms with Crippen molar-refractivity contribution in [3.8, 4) is 11.3 Å². The highest BCUT2D eigenvalue weighted by atomic mass is 32.2. The summed E-state index contributed by atoms with van der Waals surface area (Å²) in [5, 5.41) is 8.34. The van der Waals surface area contributed by atoms with Crippen LogP contribution in [0.4, 0.5) is 5.82 Å². The van der Waals surface area contributed by atoms with E-state index in [0.29, 0.717) is 19.8 Å². The molecule has 1 N–H and O–H groups in total. The van der Waals surface area contributed by atoms with Gasteiger partial charge < -0.3 is 9.64 Å². The van der Waals surface area contributed by atoms with E-state index in [4.69, 9.17) is 14.7 Å². The lowest BCUT2D eigenvalue weighted by molar-refractivity contribution is 0.122. The summed E-state index contributed by atoms with van der Waals surface area (Å²) >= 11 is 0. The monoisotopic (exact) mass is 477 g/mol. The van der Waals surface area contributed by atoms with Crippen LogP contribution >= 0.6 is 0 Å². The second-order valence-electron chi connectivity index (χ2n) is 8.72. The molecule has 10 heteroatoms. The molecule has 0 saturated carbocycles. The summed E-state index contributed by atoms with van der Waals surface area (Å²) in [6.07, 6.45) is 8.71. The van der Waals surface area contributed by atoms with E-state index >= 15 is 0 Å². The second-order valence-corrected chi connectivity index (χ2v) is 10.1. The van der Waals surface area contributed by atoms with Gasteiger partial charge in [-0.3, -0.25) is 9.50 Å². The van der Waals surface area contributed by atoms with Gasteiger partial charge in [-0.2, -0.15) is 5.10 Å². The quantitative estimate of drug-likeness (QED) is 0.486. The molecular formula is C24H27N7O2S. The van der Waals surface area contributed by atoms with Gasteiger partial charge in [0.15, 0.2) is 11.5 Å². The fourth-order valence-electron chi connectivity index (χ4n) is 4.94. The Hall–Kier alpha value is -3.08. The largest absolute Gasteiger partial charge is 0.378 e. The molecule has 2 aliphatic heterocycles. The molecule has 176 valence electrons. The van der Waals surface area contributed by atoms with E-state index in [1.807, 2.05) is 22.6 Å². The van der Waals surface area contributed by atoms with Gasteiger partial charge in [0.25, 0.3) is 0 Å². The first-order chi connectivity index (χ1) is 16.6. The number of nitrogens with one attached hydrogen (secondary N) is 1. The van der Waals surface area contributed by atoms with Crippen LogP contribution in [0.25, 0.3) is 33.4 Å². The first-order valence-corrected chi connectivity index (χ1v) is 13.0. The molecule has 1 saturated heterocycles. The van der Waals surface area contributed by atoms with Crippen molar-refractivity contribution >= 4 is 38.9 Å². The van der Waals surface area contributed by atoms with E-state index in [2.05, 4.69) is 44.8 Å². The number of imidazole rings is 1. The van der Waals surface area contributed by atoms with Crippen molar-refractivity contribution in [2.24, 2.45) is 0 Å². The zero-order valence-corrected chi connectivity index (χ0v) is 20.1. The van der Waals surface area contributed by atoms with Gasteiger partial charge in [-0.15, -0.1) is 0 Å². The summed E-state index contributed by atoms with van der Waals surface area (Å²) in [6, 6.07) is 6.14. The maximum Gasteiger partial charge on any atom is 0.181 e. The second kappa shape index (κ2) is 8.61. The Bertz CT molecular complexity index is 1430. The van der Waals surface area contributed by atoms with E-state index in [1.165, 1.54) is 5.57 Å². The maximum atomic E-state index is 11.9. The van der Waals surface area contributed by atoms with Gasteiger partial charge in [-0.1, -0.05) is 18.2 Å². The minimum absolute atomic E-state index is 0.674. The number of fused-ring (bicyclic) bond motifs is 2. The molecule has 1 atom stereocenters. The molecule has 1 fully saturated rings. The molecule has 4 aromatic rings. The smallest absolute Gasteiger partial charge is 0.181 e. The first-order valence-electron chi connectivity index (χ1n) is 11.5. The number of morpholine rings is 1. The van der Waals surface area contributed by atoms with Gasteiger partial charge in [0, 0.05) is 49.6 Å². The Kier molecular flexibility index (Phi) is 5.43.